The molecule has 0 aromatic heterocycles. The van der Waals surface area contributed by atoms with Gasteiger partial charge in [0.1, 0.15) is 5.84 Å². The molecule has 1 rings (SSSR count). The highest BCUT2D eigenvalue weighted by molar-refractivity contribution is 6.32. The highest BCUT2D eigenvalue weighted by Gasteiger charge is 2.10. The van der Waals surface area contributed by atoms with Gasteiger partial charge < -0.3 is 20.9 Å². The predicted molar refractivity (Wildman–Crippen MR) is 103 cm³/mol. The molecule has 5 nitrogen and oxygen atoms in total. The number of amidine groups is 1. The maximum absolute atomic E-state index is 8.14. The average molecular weight is 348 g/mol. The molecule has 1 heterocycles. The Morgan fingerprint density at radius 2 is 2.12 bits per heavy atom. The Hall–Kier alpha value is -2.27. The minimum absolute atomic E-state index is 0.235. The largest absolute Gasteiger partial charge is 0.375 e. The van der Waals surface area contributed by atoms with Crippen molar-refractivity contribution in [3.63, 3.8) is 0 Å². The second-order valence-electron chi connectivity index (χ2n) is 5.66. The molecule has 0 radical (unpaired) electrons. The van der Waals surface area contributed by atoms with Gasteiger partial charge in [-0.15, -0.1) is 0 Å². The third-order valence-corrected chi connectivity index (χ3v) is 3.86. The van der Waals surface area contributed by atoms with E-state index in [1.54, 1.807) is 19.3 Å². The van der Waals surface area contributed by atoms with E-state index in [0.717, 1.165) is 17.7 Å². The number of nitrogens with one attached hydrogen (secondary N) is 4. The van der Waals surface area contributed by atoms with Crippen molar-refractivity contribution in [2.75, 3.05) is 7.05 Å². The molecule has 0 fully saturated rings. The molecule has 1 aliphatic heterocycles. The van der Waals surface area contributed by atoms with Crippen molar-refractivity contribution in [1.29, 1.82) is 10.8 Å². The molecule has 1 aliphatic rings. The van der Waals surface area contributed by atoms with Crippen LogP contribution < -0.4 is 10.6 Å². The molecule has 130 valence electrons. The van der Waals surface area contributed by atoms with Gasteiger partial charge in [0.25, 0.3) is 0 Å². The van der Waals surface area contributed by atoms with Gasteiger partial charge in [-0.05, 0) is 43.6 Å². The van der Waals surface area contributed by atoms with Crippen LogP contribution in [-0.4, -0.2) is 29.5 Å². The van der Waals surface area contributed by atoms with Crippen molar-refractivity contribution in [2.24, 2.45) is 0 Å². The molecule has 0 amide bonds. The lowest BCUT2D eigenvalue weighted by Gasteiger charge is -2.20. The summed E-state index contributed by atoms with van der Waals surface area (Å²) in [5.74, 6) is 0.319. The first-order chi connectivity index (χ1) is 11.2. The van der Waals surface area contributed by atoms with Crippen LogP contribution >= 0.6 is 11.6 Å². The lowest BCUT2D eigenvalue weighted by Crippen LogP contribution is -2.39. The summed E-state index contributed by atoms with van der Waals surface area (Å²) in [5, 5.41) is 22.6. The van der Waals surface area contributed by atoms with Gasteiger partial charge in [0, 0.05) is 37.1 Å². The number of allylic oxidation sites excluding steroid dienone is 5. The fraction of sp³-hybridized carbons (Fsp3) is 0.333. The average Bonchev–Trinajstić information content (AvgIpc) is 2.51. The van der Waals surface area contributed by atoms with Crippen LogP contribution in [0.3, 0.4) is 0 Å². The zero-order valence-corrected chi connectivity index (χ0v) is 15.5. The Morgan fingerprint density at radius 1 is 1.46 bits per heavy atom. The van der Waals surface area contributed by atoms with Gasteiger partial charge in [-0.3, -0.25) is 5.41 Å². The monoisotopic (exact) mass is 347 g/mol. The fourth-order valence-corrected chi connectivity index (χ4v) is 2.19. The number of nitrogens with zero attached hydrogens (tertiary/aromatic N) is 1. The standard InChI is InChI=1S/C18H26ClN5/c1-6-15(13(3)20)10-22-18(21)14(4)23-16-7-8-24(5)11-17(19)12(2)9-16/h7-11,14,20,23H,2,6H2,1,3-5H3,(H2,21,22)/b8-7-,15-10-,16-9+,17-11+,20-13?. The van der Waals surface area contributed by atoms with Gasteiger partial charge in [0.05, 0.1) is 11.1 Å². The van der Waals surface area contributed by atoms with E-state index in [2.05, 4.69) is 17.2 Å². The van der Waals surface area contributed by atoms with E-state index in [1.165, 1.54) is 0 Å². The summed E-state index contributed by atoms with van der Waals surface area (Å²) in [6.45, 7) is 9.56. The Morgan fingerprint density at radius 3 is 2.71 bits per heavy atom. The van der Waals surface area contributed by atoms with Crippen LogP contribution in [0.5, 0.6) is 0 Å². The summed E-state index contributed by atoms with van der Waals surface area (Å²) in [7, 11) is 1.89. The summed E-state index contributed by atoms with van der Waals surface area (Å²) in [4.78, 5) is 1.85. The molecule has 1 atom stereocenters. The number of hydrogen-bond acceptors (Lipinski definition) is 4. The van der Waals surface area contributed by atoms with E-state index < -0.39 is 0 Å². The maximum Gasteiger partial charge on any atom is 0.120 e. The van der Waals surface area contributed by atoms with E-state index in [4.69, 9.17) is 22.4 Å². The summed E-state index contributed by atoms with van der Waals surface area (Å²) >= 11 is 6.16. The lowest BCUT2D eigenvalue weighted by molar-refractivity contribution is 0.620. The van der Waals surface area contributed by atoms with Crippen LogP contribution in [0, 0.1) is 10.8 Å². The number of hydrogen-bond donors (Lipinski definition) is 4. The third-order valence-electron chi connectivity index (χ3n) is 3.52. The van der Waals surface area contributed by atoms with Crippen LogP contribution in [-0.2, 0) is 0 Å². The van der Waals surface area contributed by atoms with Crippen molar-refractivity contribution in [3.05, 3.63) is 59.2 Å². The van der Waals surface area contributed by atoms with Crippen molar-refractivity contribution in [2.45, 2.75) is 33.2 Å². The van der Waals surface area contributed by atoms with E-state index in [0.29, 0.717) is 22.2 Å². The Balaban J connectivity index is 2.79. The van der Waals surface area contributed by atoms with Crippen LogP contribution in [0.4, 0.5) is 0 Å². The predicted octanol–water partition coefficient (Wildman–Crippen LogP) is 3.84. The molecule has 6 heteroatoms. The highest BCUT2D eigenvalue weighted by Crippen LogP contribution is 2.18. The maximum atomic E-state index is 8.14. The molecule has 0 spiro atoms. The quantitative estimate of drug-likeness (QED) is 0.435. The number of rotatable bonds is 6. The first-order valence-electron chi connectivity index (χ1n) is 7.79. The molecular weight excluding hydrogens is 322 g/mol. The van der Waals surface area contributed by atoms with Gasteiger partial charge in [0.2, 0.25) is 0 Å². The Labute approximate surface area is 149 Å². The first-order valence-corrected chi connectivity index (χ1v) is 8.16. The molecule has 0 aromatic carbocycles. The molecule has 0 aliphatic carbocycles. The zero-order chi connectivity index (χ0) is 18.3. The second kappa shape index (κ2) is 9.13. The van der Waals surface area contributed by atoms with Crippen molar-refractivity contribution >= 4 is 23.1 Å². The molecule has 0 saturated carbocycles. The zero-order valence-electron chi connectivity index (χ0n) is 14.7. The minimum Gasteiger partial charge on any atom is -0.375 e. The van der Waals surface area contributed by atoms with E-state index in [1.807, 2.05) is 44.1 Å². The van der Waals surface area contributed by atoms with E-state index >= 15 is 0 Å². The topological polar surface area (TPSA) is 75.0 Å². The van der Waals surface area contributed by atoms with Gasteiger partial charge in [-0.1, -0.05) is 25.1 Å². The third kappa shape index (κ3) is 6.08. The van der Waals surface area contributed by atoms with Gasteiger partial charge in [-0.2, -0.15) is 0 Å². The molecule has 0 saturated heterocycles. The van der Waals surface area contributed by atoms with Crippen LogP contribution in [0.25, 0.3) is 0 Å². The van der Waals surface area contributed by atoms with Crippen molar-refractivity contribution < 1.29 is 0 Å². The summed E-state index contributed by atoms with van der Waals surface area (Å²) in [6, 6.07) is -0.235. The van der Waals surface area contributed by atoms with Gasteiger partial charge in [0.15, 0.2) is 0 Å². The molecular formula is C18H26ClN5. The summed E-state index contributed by atoms with van der Waals surface area (Å²) in [6.07, 6.45) is 9.90. The van der Waals surface area contributed by atoms with Crippen molar-refractivity contribution in [1.82, 2.24) is 15.5 Å². The van der Waals surface area contributed by atoms with Crippen LogP contribution in [0.1, 0.15) is 27.2 Å². The van der Waals surface area contributed by atoms with E-state index in [9.17, 15) is 0 Å². The summed E-state index contributed by atoms with van der Waals surface area (Å²) in [5.41, 5.74) is 2.91. The minimum atomic E-state index is -0.235. The fourth-order valence-electron chi connectivity index (χ4n) is 1.98. The molecule has 0 bridgehead atoms. The molecule has 4 N–H and O–H groups in total. The van der Waals surface area contributed by atoms with Crippen LogP contribution in [0.15, 0.2) is 59.2 Å². The van der Waals surface area contributed by atoms with Crippen LogP contribution in [0.2, 0.25) is 0 Å². The first kappa shape index (κ1) is 19.8. The highest BCUT2D eigenvalue weighted by atomic mass is 35.5. The van der Waals surface area contributed by atoms with Gasteiger partial charge >= 0.3 is 0 Å². The normalized spacial score (nSPS) is 22.3. The SMILES string of the molecule is C=C1/C=C(NC(C)C(=N)N/C=C(/CC)C(C)=N)\C=C/N(C)/C=C\1Cl. The van der Waals surface area contributed by atoms with Gasteiger partial charge in [-0.25, -0.2) is 0 Å². The molecule has 1 unspecified atom stereocenters. The Bertz CT molecular complexity index is 640. The van der Waals surface area contributed by atoms with E-state index in [-0.39, 0.29) is 6.04 Å². The second-order valence-corrected chi connectivity index (χ2v) is 6.06. The Kier molecular flexibility index (Phi) is 7.52. The summed E-state index contributed by atoms with van der Waals surface area (Å²) < 4.78 is 0. The molecule has 24 heavy (non-hydrogen) atoms. The smallest absolute Gasteiger partial charge is 0.120 e. The lowest BCUT2D eigenvalue weighted by atomic mass is 10.1. The number of halogens is 1. The van der Waals surface area contributed by atoms with Crippen molar-refractivity contribution in [3.8, 4) is 0 Å². The molecule has 0 aromatic rings.